The average molecular weight is 515 g/mol. The van der Waals surface area contributed by atoms with E-state index in [0.717, 1.165) is 30.0 Å². The van der Waals surface area contributed by atoms with Crippen LogP contribution in [0.3, 0.4) is 0 Å². The summed E-state index contributed by atoms with van der Waals surface area (Å²) in [6, 6.07) is 11.1. The van der Waals surface area contributed by atoms with Crippen LogP contribution in [0.5, 0.6) is 0 Å². The minimum atomic E-state index is -0.204. The Bertz CT molecular complexity index is 1520. The average Bonchev–Trinajstić information content (AvgIpc) is 3.52. The lowest BCUT2D eigenvalue weighted by Crippen LogP contribution is -2.34. The van der Waals surface area contributed by atoms with Gasteiger partial charge in [-0.05, 0) is 30.5 Å². The molecule has 12 heteroatoms. The fraction of sp³-hybridized carbons (Fsp3) is 0.227. The van der Waals surface area contributed by atoms with Gasteiger partial charge in [-0.25, -0.2) is 19.5 Å². The number of halogens is 1. The van der Waals surface area contributed by atoms with E-state index in [1.807, 2.05) is 30.3 Å². The first kappa shape index (κ1) is 24.1. The van der Waals surface area contributed by atoms with Gasteiger partial charge < -0.3 is 9.88 Å². The highest BCUT2D eigenvalue weighted by Crippen LogP contribution is 2.40. The normalized spacial score (nSPS) is 17.6. The standard InChI is InChI=1S/C22H19ClN8O.2H2S/c1-13-7-9-29(20-16-19(25-11-24-16)26-12-27-20)17(13)21-28-30-10-8-15(23)18(30)22(32)31(21)14-5-3-2-4-6-14;;/h2-6,8,10-13,17H,7,9H2,1H3,(H,24,25,26,27);2*1H2/t13-,17?;;/m0../s1. The van der Waals surface area contributed by atoms with Crippen LogP contribution in [0.1, 0.15) is 25.2 Å². The molecular weight excluding hydrogens is 492 g/mol. The van der Waals surface area contributed by atoms with Crippen LogP contribution < -0.4 is 10.5 Å². The van der Waals surface area contributed by atoms with Gasteiger partial charge in [0.2, 0.25) is 0 Å². The molecule has 2 atom stereocenters. The second-order valence-electron chi connectivity index (χ2n) is 7.99. The monoisotopic (exact) mass is 514 g/mol. The summed E-state index contributed by atoms with van der Waals surface area (Å²) < 4.78 is 3.25. The van der Waals surface area contributed by atoms with Crippen LogP contribution in [0.25, 0.3) is 22.4 Å². The van der Waals surface area contributed by atoms with Crippen LogP contribution in [0, 0.1) is 5.92 Å². The minimum Gasteiger partial charge on any atom is -0.344 e. The number of nitrogens with zero attached hydrogens (tertiary/aromatic N) is 7. The molecule has 0 amide bonds. The van der Waals surface area contributed by atoms with E-state index in [4.69, 9.17) is 16.7 Å². The molecule has 0 saturated carbocycles. The van der Waals surface area contributed by atoms with Crippen LogP contribution in [-0.2, 0) is 0 Å². The number of rotatable bonds is 3. The summed E-state index contributed by atoms with van der Waals surface area (Å²) in [6.45, 7) is 2.94. The van der Waals surface area contributed by atoms with E-state index in [1.54, 1.807) is 27.7 Å². The number of anilines is 1. The molecule has 1 aromatic carbocycles. The smallest absolute Gasteiger partial charge is 0.284 e. The number of nitrogens with one attached hydrogen (secondary N) is 1. The molecule has 5 heterocycles. The Hall–Kier alpha value is -3.02. The summed E-state index contributed by atoms with van der Waals surface area (Å²) >= 11 is 6.34. The van der Waals surface area contributed by atoms with Gasteiger partial charge in [0, 0.05) is 12.7 Å². The van der Waals surface area contributed by atoms with Gasteiger partial charge in [-0.1, -0.05) is 36.7 Å². The molecule has 176 valence electrons. The van der Waals surface area contributed by atoms with Gasteiger partial charge in [-0.3, -0.25) is 9.36 Å². The molecule has 0 spiro atoms. The van der Waals surface area contributed by atoms with Crippen molar-refractivity contribution in [1.82, 2.24) is 34.1 Å². The first-order valence-corrected chi connectivity index (χ1v) is 10.8. The van der Waals surface area contributed by atoms with Gasteiger partial charge >= 0.3 is 0 Å². The Kier molecular flexibility index (Phi) is 6.61. The number of fused-ring (bicyclic) bond motifs is 2. The van der Waals surface area contributed by atoms with Crippen molar-refractivity contribution < 1.29 is 0 Å². The molecule has 1 aliphatic rings. The first-order valence-electron chi connectivity index (χ1n) is 10.4. The molecule has 9 nitrogen and oxygen atoms in total. The van der Waals surface area contributed by atoms with E-state index in [-0.39, 0.29) is 44.5 Å². The van der Waals surface area contributed by atoms with Gasteiger partial charge in [-0.15, -0.1) is 0 Å². The third kappa shape index (κ3) is 3.64. The highest BCUT2D eigenvalue weighted by molar-refractivity contribution is 7.59. The molecule has 1 unspecified atom stereocenters. The zero-order valence-electron chi connectivity index (χ0n) is 18.2. The number of hydrogen-bond acceptors (Lipinski definition) is 6. The third-order valence-electron chi connectivity index (χ3n) is 6.12. The number of aromatic amines is 1. The maximum atomic E-state index is 13.7. The number of benzene rings is 1. The van der Waals surface area contributed by atoms with Gasteiger partial charge in [0.25, 0.3) is 5.56 Å². The Morgan fingerprint density at radius 1 is 1.09 bits per heavy atom. The van der Waals surface area contributed by atoms with Crippen LogP contribution in [0.15, 0.2) is 60.0 Å². The second kappa shape index (κ2) is 9.32. The summed E-state index contributed by atoms with van der Waals surface area (Å²) in [5.74, 6) is 1.62. The molecule has 4 aromatic heterocycles. The lowest BCUT2D eigenvalue weighted by Gasteiger charge is -2.29. The highest BCUT2D eigenvalue weighted by atomic mass is 35.5. The summed E-state index contributed by atoms with van der Waals surface area (Å²) in [5.41, 5.74) is 2.27. The molecule has 34 heavy (non-hydrogen) atoms. The first-order chi connectivity index (χ1) is 15.6. The maximum Gasteiger partial charge on any atom is 0.284 e. The number of para-hydroxylation sites is 1. The van der Waals surface area contributed by atoms with Crippen LogP contribution in [-0.4, -0.2) is 40.7 Å². The molecule has 0 bridgehead atoms. The number of H-pyrrole nitrogens is 1. The lowest BCUT2D eigenvalue weighted by molar-refractivity contribution is 0.485. The zero-order chi connectivity index (χ0) is 21.8. The van der Waals surface area contributed by atoms with Crippen molar-refractivity contribution in [2.24, 2.45) is 5.92 Å². The molecule has 1 aliphatic heterocycles. The van der Waals surface area contributed by atoms with Gasteiger partial charge in [-0.2, -0.15) is 32.1 Å². The maximum absolute atomic E-state index is 13.7. The Morgan fingerprint density at radius 3 is 2.68 bits per heavy atom. The molecule has 5 aromatic rings. The number of imidazole rings is 1. The van der Waals surface area contributed by atoms with Crippen molar-refractivity contribution in [1.29, 1.82) is 0 Å². The van der Waals surface area contributed by atoms with Crippen molar-refractivity contribution in [3.05, 3.63) is 76.5 Å². The molecule has 6 rings (SSSR count). The fourth-order valence-electron chi connectivity index (χ4n) is 4.61. The van der Waals surface area contributed by atoms with Gasteiger partial charge in [0.1, 0.15) is 17.4 Å². The van der Waals surface area contributed by atoms with Crippen molar-refractivity contribution in [3.8, 4) is 5.69 Å². The zero-order valence-corrected chi connectivity index (χ0v) is 20.9. The van der Waals surface area contributed by atoms with Crippen molar-refractivity contribution in [2.45, 2.75) is 19.4 Å². The number of hydrogen-bond donors (Lipinski definition) is 1. The largest absolute Gasteiger partial charge is 0.344 e. The Morgan fingerprint density at radius 2 is 1.88 bits per heavy atom. The Balaban J connectivity index is 0.00000137. The molecular formula is C22H23ClN8OS2. The van der Waals surface area contributed by atoms with Gasteiger partial charge in [0.15, 0.2) is 17.3 Å². The second-order valence-corrected chi connectivity index (χ2v) is 8.40. The van der Waals surface area contributed by atoms with Crippen LogP contribution >= 0.6 is 38.6 Å². The van der Waals surface area contributed by atoms with Crippen molar-refractivity contribution >= 4 is 61.1 Å². The summed E-state index contributed by atoms with van der Waals surface area (Å²) in [7, 11) is 0. The van der Waals surface area contributed by atoms with Crippen LogP contribution in [0.4, 0.5) is 5.82 Å². The SMILES string of the molecule is C[C@H]1CCN(c2ncnc3nc[nH]c23)C1c1nn2ccc(Cl)c2c(=O)n1-c1ccccc1.S.S. The lowest BCUT2D eigenvalue weighted by atomic mass is 10.0. The molecule has 0 radical (unpaired) electrons. The van der Waals surface area contributed by atoms with Crippen molar-refractivity contribution in [2.75, 3.05) is 11.4 Å². The molecule has 1 fully saturated rings. The predicted octanol–water partition coefficient (Wildman–Crippen LogP) is 3.62. The van der Waals surface area contributed by atoms with E-state index >= 15 is 0 Å². The molecule has 0 aliphatic carbocycles. The summed E-state index contributed by atoms with van der Waals surface area (Å²) in [6.07, 6.45) is 5.79. The molecule has 1 N–H and O–H groups in total. The van der Waals surface area contributed by atoms with Crippen molar-refractivity contribution in [3.63, 3.8) is 0 Å². The third-order valence-corrected chi connectivity index (χ3v) is 6.42. The van der Waals surface area contributed by atoms with E-state index < -0.39 is 0 Å². The topological polar surface area (TPSA) is 97.0 Å². The highest BCUT2D eigenvalue weighted by Gasteiger charge is 2.38. The summed E-state index contributed by atoms with van der Waals surface area (Å²) in [5, 5.41) is 5.27. The van der Waals surface area contributed by atoms with E-state index in [2.05, 4.69) is 31.8 Å². The van der Waals surface area contributed by atoms with Crippen LogP contribution in [0.2, 0.25) is 5.02 Å². The molecule has 1 saturated heterocycles. The Labute approximate surface area is 213 Å². The summed E-state index contributed by atoms with van der Waals surface area (Å²) in [4.78, 5) is 32.1. The van der Waals surface area contributed by atoms with Gasteiger partial charge in [0.05, 0.1) is 23.1 Å². The number of aromatic nitrogens is 7. The quantitative estimate of drug-likeness (QED) is 0.395. The predicted molar refractivity (Wildman–Crippen MR) is 142 cm³/mol. The van der Waals surface area contributed by atoms with E-state index in [0.29, 0.717) is 22.0 Å². The minimum absolute atomic E-state index is 0. The van der Waals surface area contributed by atoms with E-state index in [9.17, 15) is 4.79 Å². The van der Waals surface area contributed by atoms with E-state index in [1.165, 1.54) is 6.33 Å². The fourth-order valence-corrected chi connectivity index (χ4v) is 4.84.